The van der Waals surface area contributed by atoms with Crippen molar-refractivity contribution in [1.29, 1.82) is 0 Å². The van der Waals surface area contributed by atoms with Crippen molar-refractivity contribution >= 4 is 20.7 Å². The van der Waals surface area contributed by atoms with Crippen molar-refractivity contribution in [3.63, 3.8) is 0 Å². The monoisotopic (exact) mass is 359 g/mol. The third kappa shape index (κ3) is 4.81. The van der Waals surface area contributed by atoms with Crippen LogP contribution in [0, 0.1) is 11.8 Å². The Morgan fingerprint density at radius 2 is 1.76 bits per heavy atom. The molecular weight excluding hydrogens is 330 g/mol. The van der Waals surface area contributed by atoms with Gasteiger partial charge in [0.2, 0.25) is 0 Å². The predicted octanol–water partition coefficient (Wildman–Crippen LogP) is 4.80. The first kappa shape index (κ1) is 18.4. The number of hydrogen-bond acceptors (Lipinski definition) is 3. The summed E-state index contributed by atoms with van der Waals surface area (Å²) >= 11 is 0. The highest BCUT2D eigenvalue weighted by Gasteiger charge is 2.27. The second-order valence-electron chi connectivity index (χ2n) is 7.84. The van der Waals surface area contributed by atoms with Crippen LogP contribution >= 0.6 is 0 Å². The average molecular weight is 360 g/mol. The van der Waals surface area contributed by atoms with E-state index in [4.69, 9.17) is 0 Å². The molecule has 1 heterocycles. The molecule has 3 rings (SSSR count). The van der Waals surface area contributed by atoms with E-state index < -0.39 is 9.84 Å². The van der Waals surface area contributed by atoms with E-state index in [0.717, 1.165) is 30.7 Å². The summed E-state index contributed by atoms with van der Waals surface area (Å²) in [4.78, 5) is 4.55. The lowest BCUT2D eigenvalue weighted by atomic mass is 9.80. The minimum atomic E-state index is -2.90. The first-order chi connectivity index (χ1) is 11.9. The summed E-state index contributed by atoms with van der Waals surface area (Å²) in [5.41, 5.74) is 2.36. The Kier molecular flexibility index (Phi) is 5.78. The minimum Gasteiger partial charge on any atom is -0.256 e. The number of benzene rings is 1. The molecule has 0 bridgehead atoms. The molecular formula is C21H29NO2S. The van der Waals surface area contributed by atoms with E-state index in [1.54, 1.807) is 13.8 Å². The number of sulfone groups is 1. The van der Waals surface area contributed by atoms with Crippen LogP contribution in [0.2, 0.25) is 0 Å². The summed E-state index contributed by atoms with van der Waals surface area (Å²) in [6.07, 6.45) is 8.71. The maximum Gasteiger partial charge on any atom is 0.152 e. The fourth-order valence-corrected chi connectivity index (χ4v) is 5.21. The lowest BCUT2D eigenvalue weighted by Crippen LogP contribution is -2.26. The third-order valence-electron chi connectivity index (χ3n) is 5.64. The predicted molar refractivity (Wildman–Crippen MR) is 104 cm³/mol. The second kappa shape index (κ2) is 7.86. The molecule has 0 aliphatic heterocycles. The topological polar surface area (TPSA) is 47.0 Å². The zero-order valence-corrected chi connectivity index (χ0v) is 16.1. The molecule has 0 N–H and O–H groups in total. The Bertz CT molecular complexity index is 806. The van der Waals surface area contributed by atoms with Crippen molar-refractivity contribution < 1.29 is 8.42 Å². The SMILES string of the molecule is CC(C)S(=O)(=O)CC1CCC(CCc2cnc3ccccc3c2)CC1. The summed E-state index contributed by atoms with van der Waals surface area (Å²) < 4.78 is 24.2. The summed E-state index contributed by atoms with van der Waals surface area (Å²) in [7, 11) is -2.90. The summed E-state index contributed by atoms with van der Waals surface area (Å²) in [6, 6.07) is 10.5. The number of hydrogen-bond donors (Lipinski definition) is 0. The quantitative estimate of drug-likeness (QED) is 0.744. The van der Waals surface area contributed by atoms with Crippen LogP contribution in [0.5, 0.6) is 0 Å². The van der Waals surface area contributed by atoms with Crippen LogP contribution in [-0.4, -0.2) is 24.4 Å². The first-order valence-corrected chi connectivity index (χ1v) is 11.2. The first-order valence-electron chi connectivity index (χ1n) is 9.49. The van der Waals surface area contributed by atoms with Gasteiger partial charge in [0.05, 0.1) is 16.5 Å². The molecule has 3 nitrogen and oxygen atoms in total. The molecule has 1 aromatic heterocycles. The van der Waals surface area contributed by atoms with Gasteiger partial charge in [-0.25, -0.2) is 8.42 Å². The van der Waals surface area contributed by atoms with Crippen LogP contribution in [0.4, 0.5) is 0 Å². The van der Waals surface area contributed by atoms with Crippen molar-refractivity contribution in [2.45, 2.75) is 57.6 Å². The van der Waals surface area contributed by atoms with Gasteiger partial charge in [-0.3, -0.25) is 4.98 Å². The maximum atomic E-state index is 12.1. The number of aromatic nitrogens is 1. The molecule has 1 fully saturated rings. The van der Waals surface area contributed by atoms with Crippen molar-refractivity contribution in [2.24, 2.45) is 11.8 Å². The lowest BCUT2D eigenvalue weighted by molar-refractivity contribution is 0.278. The molecule has 0 saturated heterocycles. The van der Waals surface area contributed by atoms with E-state index >= 15 is 0 Å². The molecule has 0 amide bonds. The normalized spacial score (nSPS) is 21.7. The standard InChI is InChI=1S/C21H29NO2S/c1-16(2)25(23,24)15-18-10-7-17(8-11-18)9-12-19-13-20-5-3-4-6-21(20)22-14-19/h3-6,13-14,16-18H,7-12,15H2,1-2H3. The molecule has 1 aromatic carbocycles. The zero-order valence-electron chi connectivity index (χ0n) is 15.3. The van der Waals surface area contributed by atoms with Gasteiger partial charge >= 0.3 is 0 Å². The highest BCUT2D eigenvalue weighted by Crippen LogP contribution is 2.33. The summed E-state index contributed by atoms with van der Waals surface area (Å²) in [6.45, 7) is 3.58. The molecule has 2 aromatic rings. The van der Waals surface area contributed by atoms with Crippen LogP contribution in [0.25, 0.3) is 10.9 Å². The maximum absolute atomic E-state index is 12.1. The molecule has 136 valence electrons. The number of pyridine rings is 1. The third-order valence-corrected chi connectivity index (χ3v) is 8.01. The Balaban J connectivity index is 1.49. The molecule has 1 aliphatic rings. The van der Waals surface area contributed by atoms with Gasteiger partial charge in [-0.1, -0.05) is 31.0 Å². The van der Waals surface area contributed by atoms with Crippen LogP contribution < -0.4 is 0 Å². The molecule has 0 radical (unpaired) electrons. The Morgan fingerprint density at radius 3 is 2.48 bits per heavy atom. The van der Waals surface area contributed by atoms with Crippen LogP contribution in [0.15, 0.2) is 36.5 Å². The van der Waals surface area contributed by atoms with Gasteiger partial charge < -0.3 is 0 Å². The van der Waals surface area contributed by atoms with Gasteiger partial charge in [-0.15, -0.1) is 0 Å². The second-order valence-corrected chi connectivity index (χ2v) is 10.4. The van der Waals surface area contributed by atoms with Gasteiger partial charge in [0.1, 0.15) is 0 Å². The Hall–Kier alpha value is -1.42. The van der Waals surface area contributed by atoms with Gasteiger partial charge in [0, 0.05) is 11.6 Å². The average Bonchev–Trinajstić information content (AvgIpc) is 2.60. The number of nitrogens with zero attached hydrogens (tertiary/aromatic N) is 1. The lowest BCUT2D eigenvalue weighted by Gasteiger charge is -2.28. The molecule has 0 unspecified atom stereocenters. The highest BCUT2D eigenvalue weighted by atomic mass is 32.2. The van der Waals surface area contributed by atoms with E-state index in [2.05, 4.69) is 23.2 Å². The smallest absolute Gasteiger partial charge is 0.152 e. The van der Waals surface area contributed by atoms with Crippen molar-refractivity contribution in [3.8, 4) is 0 Å². The zero-order chi connectivity index (χ0) is 17.9. The van der Waals surface area contributed by atoms with Crippen molar-refractivity contribution in [3.05, 3.63) is 42.1 Å². The fraction of sp³-hybridized carbons (Fsp3) is 0.571. The molecule has 4 heteroatoms. The Morgan fingerprint density at radius 1 is 1.08 bits per heavy atom. The van der Waals surface area contributed by atoms with Crippen molar-refractivity contribution in [2.75, 3.05) is 5.75 Å². The summed E-state index contributed by atoms with van der Waals surface area (Å²) in [5, 5.41) is 0.966. The number of fused-ring (bicyclic) bond motifs is 1. The largest absolute Gasteiger partial charge is 0.256 e. The number of para-hydroxylation sites is 1. The van der Waals surface area contributed by atoms with Gasteiger partial charge in [0.25, 0.3) is 0 Å². The molecule has 1 aliphatic carbocycles. The summed E-state index contributed by atoms with van der Waals surface area (Å²) in [5.74, 6) is 1.47. The van der Waals surface area contributed by atoms with E-state index in [1.807, 2.05) is 18.3 Å². The van der Waals surface area contributed by atoms with E-state index in [0.29, 0.717) is 11.7 Å². The van der Waals surface area contributed by atoms with Crippen LogP contribution in [0.1, 0.15) is 51.5 Å². The molecule has 1 saturated carbocycles. The van der Waals surface area contributed by atoms with E-state index in [-0.39, 0.29) is 5.25 Å². The van der Waals surface area contributed by atoms with Crippen LogP contribution in [-0.2, 0) is 16.3 Å². The molecule has 0 spiro atoms. The van der Waals surface area contributed by atoms with Gasteiger partial charge in [-0.05, 0) is 69.1 Å². The van der Waals surface area contributed by atoms with Gasteiger partial charge in [-0.2, -0.15) is 0 Å². The van der Waals surface area contributed by atoms with E-state index in [9.17, 15) is 8.42 Å². The number of rotatable bonds is 6. The Labute approximate surface area is 151 Å². The van der Waals surface area contributed by atoms with Gasteiger partial charge in [0.15, 0.2) is 9.84 Å². The molecule has 25 heavy (non-hydrogen) atoms. The van der Waals surface area contributed by atoms with E-state index in [1.165, 1.54) is 30.2 Å². The van der Waals surface area contributed by atoms with Crippen LogP contribution in [0.3, 0.4) is 0 Å². The van der Waals surface area contributed by atoms with Crippen molar-refractivity contribution in [1.82, 2.24) is 4.98 Å². The highest BCUT2D eigenvalue weighted by molar-refractivity contribution is 7.91. The minimum absolute atomic E-state index is 0.245. The molecule has 0 atom stereocenters. The number of aryl methyl sites for hydroxylation is 1. The fourth-order valence-electron chi connectivity index (χ4n) is 3.83.